The number of H-pyrrole nitrogens is 1. The number of hydrogen-bond donors (Lipinski definition) is 1. The molecule has 2 aromatic rings. The quantitative estimate of drug-likeness (QED) is 0.842. The number of hydrogen-bond acceptors (Lipinski definition) is 2. The van der Waals surface area contributed by atoms with Crippen molar-refractivity contribution in [3.63, 3.8) is 0 Å². The molecule has 1 heterocycles. The van der Waals surface area contributed by atoms with E-state index in [1.807, 2.05) is 51.1 Å². The third kappa shape index (κ3) is 2.45. The van der Waals surface area contributed by atoms with Crippen molar-refractivity contribution in [1.82, 2.24) is 4.98 Å². The summed E-state index contributed by atoms with van der Waals surface area (Å²) in [6.45, 7) is 6.18. The summed E-state index contributed by atoms with van der Waals surface area (Å²) in [6.07, 6.45) is 0. The van der Waals surface area contributed by atoms with Gasteiger partial charge in [0.05, 0.1) is 0 Å². The van der Waals surface area contributed by atoms with Crippen LogP contribution in [0.1, 0.15) is 32.9 Å². The minimum absolute atomic E-state index is 0.299. The predicted molar refractivity (Wildman–Crippen MR) is 70.6 cm³/mol. The number of aromatic amines is 1. The highest BCUT2D eigenvalue weighted by molar-refractivity contribution is 5.89. The van der Waals surface area contributed by atoms with Gasteiger partial charge in [-0.25, -0.2) is 4.79 Å². The molecule has 0 atom stereocenters. The number of esters is 1. The van der Waals surface area contributed by atoms with Crippen molar-refractivity contribution < 1.29 is 9.53 Å². The van der Waals surface area contributed by atoms with Crippen LogP contribution in [0, 0.1) is 20.8 Å². The molecule has 1 aromatic carbocycles. The molecule has 0 amide bonds. The van der Waals surface area contributed by atoms with E-state index in [9.17, 15) is 4.79 Å². The average molecular weight is 244 g/mol. The first kappa shape index (κ1) is 12.4. The lowest BCUT2D eigenvalue weighted by atomic mass is 10.1. The highest BCUT2D eigenvalue weighted by atomic mass is 16.5. The number of carbonyl (C=O) groups is 1. The van der Waals surface area contributed by atoms with Gasteiger partial charge in [-0.2, -0.15) is 0 Å². The number of aryl methyl sites for hydroxylation is 1. The third-order valence-corrected chi connectivity index (χ3v) is 3.23. The summed E-state index contributed by atoms with van der Waals surface area (Å²) in [6, 6.07) is 9.67. The highest BCUT2D eigenvalue weighted by Crippen LogP contribution is 2.17. The Morgan fingerprint density at radius 2 is 1.78 bits per heavy atom. The van der Waals surface area contributed by atoms with Crippen LogP contribution in [0.5, 0.6) is 0 Å². The van der Waals surface area contributed by atoms with E-state index < -0.39 is 0 Å². The SMILES string of the molecule is Cc1[15nH]c(C(=O)OCc2ccccc2)c(C)c1C. The van der Waals surface area contributed by atoms with Gasteiger partial charge in [0.1, 0.15) is 12.3 Å². The summed E-state index contributed by atoms with van der Waals surface area (Å²) in [5, 5.41) is 0. The minimum Gasteiger partial charge on any atom is -0.456 e. The van der Waals surface area contributed by atoms with Crippen LogP contribution >= 0.6 is 0 Å². The van der Waals surface area contributed by atoms with Gasteiger partial charge in [-0.3, -0.25) is 0 Å². The first-order valence-electron chi connectivity index (χ1n) is 5.96. The Morgan fingerprint density at radius 3 is 2.33 bits per heavy atom. The molecule has 0 bridgehead atoms. The Kier molecular flexibility index (Phi) is 3.51. The van der Waals surface area contributed by atoms with Crippen LogP contribution in [0.15, 0.2) is 30.3 Å². The van der Waals surface area contributed by atoms with Gasteiger partial charge in [-0.05, 0) is 37.5 Å². The van der Waals surface area contributed by atoms with E-state index in [0.717, 1.165) is 22.4 Å². The molecule has 0 aliphatic carbocycles. The molecule has 18 heavy (non-hydrogen) atoms. The molecule has 1 aromatic heterocycles. The molecule has 0 saturated heterocycles. The van der Waals surface area contributed by atoms with Gasteiger partial charge in [-0.15, -0.1) is 0 Å². The zero-order chi connectivity index (χ0) is 13.1. The Balaban J connectivity index is 2.06. The summed E-state index contributed by atoms with van der Waals surface area (Å²) in [5.41, 5.74) is 4.64. The highest BCUT2D eigenvalue weighted by Gasteiger charge is 2.16. The number of carbonyl (C=O) groups excluding carboxylic acids is 1. The summed E-state index contributed by atoms with van der Waals surface area (Å²) < 4.78 is 5.29. The molecular weight excluding hydrogens is 227 g/mol. The molecule has 0 saturated carbocycles. The molecule has 0 aliphatic heterocycles. The van der Waals surface area contributed by atoms with E-state index in [-0.39, 0.29) is 5.97 Å². The van der Waals surface area contributed by atoms with Gasteiger partial charge in [0.2, 0.25) is 0 Å². The first-order chi connectivity index (χ1) is 8.59. The normalized spacial score (nSPS) is 10.4. The maximum Gasteiger partial charge on any atom is 0.355 e. The number of rotatable bonds is 3. The second kappa shape index (κ2) is 5.08. The molecule has 0 fully saturated rings. The lowest BCUT2D eigenvalue weighted by molar-refractivity contribution is 0.0465. The Hall–Kier alpha value is -2.03. The molecule has 3 nitrogen and oxygen atoms in total. The molecule has 0 aliphatic rings. The predicted octanol–water partition coefficient (Wildman–Crippen LogP) is 3.30. The van der Waals surface area contributed by atoms with Crippen LogP contribution < -0.4 is 0 Å². The van der Waals surface area contributed by atoms with Crippen LogP contribution in [0.25, 0.3) is 0 Å². The summed E-state index contributed by atoms with van der Waals surface area (Å²) >= 11 is 0. The zero-order valence-corrected chi connectivity index (χ0v) is 10.9. The number of nitrogens with one attached hydrogen (secondary N) is 1. The van der Waals surface area contributed by atoms with E-state index in [0.29, 0.717) is 12.3 Å². The second-order valence-electron chi connectivity index (χ2n) is 4.44. The Bertz CT molecular complexity index is 555. The largest absolute Gasteiger partial charge is 0.456 e. The van der Waals surface area contributed by atoms with Crippen molar-refractivity contribution in [2.45, 2.75) is 27.4 Å². The average Bonchev–Trinajstić information content (AvgIpc) is 2.65. The lowest BCUT2D eigenvalue weighted by Crippen LogP contribution is -2.07. The maximum absolute atomic E-state index is 12.0. The van der Waals surface area contributed by atoms with Crippen LogP contribution in [0.2, 0.25) is 0 Å². The standard InChI is InChI=1S/C15H17NO2/c1-10-11(2)14(16-12(10)3)15(17)18-9-13-7-5-4-6-8-13/h4-8,16H,9H2,1-3H3/i16+1. The lowest BCUT2D eigenvalue weighted by Gasteiger charge is -2.04. The van der Waals surface area contributed by atoms with Crippen molar-refractivity contribution >= 4 is 5.97 Å². The fourth-order valence-electron chi connectivity index (χ4n) is 1.84. The van der Waals surface area contributed by atoms with Gasteiger partial charge in [-0.1, -0.05) is 30.3 Å². The smallest absolute Gasteiger partial charge is 0.355 e. The van der Waals surface area contributed by atoms with Crippen molar-refractivity contribution in [2.24, 2.45) is 0 Å². The molecule has 0 radical (unpaired) electrons. The minimum atomic E-state index is -0.299. The van der Waals surface area contributed by atoms with E-state index in [1.165, 1.54) is 0 Å². The van der Waals surface area contributed by atoms with Crippen molar-refractivity contribution in [1.29, 1.82) is 0 Å². The van der Waals surface area contributed by atoms with Gasteiger partial charge in [0, 0.05) is 5.69 Å². The Labute approximate surface area is 107 Å². The Morgan fingerprint density at radius 1 is 1.11 bits per heavy atom. The molecule has 1 N–H and O–H groups in total. The fraction of sp³-hybridized carbons (Fsp3) is 0.267. The van der Waals surface area contributed by atoms with Crippen molar-refractivity contribution in [3.8, 4) is 0 Å². The summed E-state index contributed by atoms with van der Waals surface area (Å²) in [4.78, 5) is 15.0. The number of aromatic nitrogens is 1. The van der Waals surface area contributed by atoms with Crippen molar-refractivity contribution in [3.05, 3.63) is 58.4 Å². The topological polar surface area (TPSA) is 42.1 Å². The van der Waals surface area contributed by atoms with Crippen LogP contribution in [-0.2, 0) is 11.3 Å². The molecular formula is C15H17NO2. The zero-order valence-electron chi connectivity index (χ0n) is 10.9. The summed E-state index contributed by atoms with van der Waals surface area (Å²) in [7, 11) is 0. The van der Waals surface area contributed by atoms with Crippen LogP contribution in [0.3, 0.4) is 0 Å². The van der Waals surface area contributed by atoms with Gasteiger partial charge in [0.15, 0.2) is 0 Å². The number of benzene rings is 1. The van der Waals surface area contributed by atoms with Crippen LogP contribution in [-0.4, -0.2) is 11.0 Å². The van der Waals surface area contributed by atoms with E-state index in [2.05, 4.69) is 4.98 Å². The maximum atomic E-state index is 12.0. The summed E-state index contributed by atoms with van der Waals surface area (Å²) in [5.74, 6) is -0.299. The molecule has 0 unspecified atom stereocenters. The second-order valence-corrected chi connectivity index (χ2v) is 4.44. The first-order valence-corrected chi connectivity index (χ1v) is 5.96. The van der Waals surface area contributed by atoms with Gasteiger partial charge in [0.25, 0.3) is 0 Å². The van der Waals surface area contributed by atoms with Crippen molar-refractivity contribution in [2.75, 3.05) is 0 Å². The fourth-order valence-corrected chi connectivity index (χ4v) is 1.84. The third-order valence-electron chi connectivity index (χ3n) is 3.23. The molecule has 0 spiro atoms. The van der Waals surface area contributed by atoms with E-state index in [1.54, 1.807) is 0 Å². The van der Waals surface area contributed by atoms with Crippen LogP contribution in [0.4, 0.5) is 0 Å². The van der Waals surface area contributed by atoms with Gasteiger partial charge >= 0.3 is 5.97 Å². The monoisotopic (exact) mass is 244 g/mol. The van der Waals surface area contributed by atoms with Gasteiger partial charge < -0.3 is 9.72 Å². The van der Waals surface area contributed by atoms with E-state index >= 15 is 0 Å². The van der Waals surface area contributed by atoms with E-state index in [4.69, 9.17) is 4.74 Å². The molecule has 3 heteroatoms. The molecule has 2 rings (SSSR count). The number of ether oxygens (including phenoxy) is 1. The molecule has 94 valence electrons.